The zero-order valence-electron chi connectivity index (χ0n) is 14.1. The molecule has 1 saturated heterocycles. The number of nitrogens with zero attached hydrogens (tertiary/aromatic N) is 1. The summed E-state index contributed by atoms with van der Waals surface area (Å²) in [6.45, 7) is 7.21. The minimum absolute atomic E-state index is 0.1000. The summed E-state index contributed by atoms with van der Waals surface area (Å²) in [5.41, 5.74) is 1.62. The highest BCUT2D eigenvalue weighted by Gasteiger charge is 2.23. The smallest absolute Gasteiger partial charge is 0.313 e. The summed E-state index contributed by atoms with van der Waals surface area (Å²) < 4.78 is 0. The number of carbonyl (C=O) groups is 2. The molecule has 1 heterocycles. The molecule has 126 valence electrons. The van der Waals surface area contributed by atoms with Crippen LogP contribution in [0.25, 0.3) is 0 Å². The number of unbranched alkanes of at least 4 members (excludes halogenated alkanes) is 1. The van der Waals surface area contributed by atoms with E-state index in [0.717, 1.165) is 38.0 Å². The molecule has 0 unspecified atom stereocenters. The molecular weight excluding hydrogens is 290 g/mol. The molecule has 0 saturated carbocycles. The Morgan fingerprint density at radius 3 is 2.52 bits per heavy atom. The van der Waals surface area contributed by atoms with E-state index >= 15 is 0 Å². The number of nitrogens with one attached hydrogen (secondary N) is 2. The topological polar surface area (TPSA) is 61.4 Å². The molecule has 5 nitrogen and oxygen atoms in total. The SMILES string of the molecule is CCCCN1CCC(NC(=O)C(=O)Nc2ccccc2C)CC1. The molecule has 1 aromatic carbocycles. The maximum absolute atomic E-state index is 12.0. The molecule has 1 fully saturated rings. The fraction of sp³-hybridized carbons (Fsp3) is 0.556. The fourth-order valence-corrected chi connectivity index (χ4v) is 2.83. The molecule has 0 aliphatic carbocycles. The molecule has 1 aliphatic rings. The molecule has 1 aromatic rings. The lowest BCUT2D eigenvalue weighted by Gasteiger charge is -2.32. The van der Waals surface area contributed by atoms with E-state index in [9.17, 15) is 9.59 Å². The van der Waals surface area contributed by atoms with Crippen molar-refractivity contribution >= 4 is 17.5 Å². The number of carbonyl (C=O) groups excluding carboxylic acids is 2. The Morgan fingerprint density at radius 2 is 1.87 bits per heavy atom. The molecule has 0 radical (unpaired) electrons. The van der Waals surface area contributed by atoms with Gasteiger partial charge in [0.25, 0.3) is 0 Å². The predicted octanol–water partition coefficient (Wildman–Crippen LogP) is 2.31. The van der Waals surface area contributed by atoms with Crippen LogP contribution in [0.3, 0.4) is 0 Å². The lowest BCUT2D eigenvalue weighted by Crippen LogP contribution is -2.47. The highest BCUT2D eigenvalue weighted by molar-refractivity contribution is 6.39. The van der Waals surface area contributed by atoms with Gasteiger partial charge in [0.15, 0.2) is 0 Å². The van der Waals surface area contributed by atoms with Crippen molar-refractivity contribution in [1.82, 2.24) is 10.2 Å². The molecular formula is C18H27N3O2. The molecule has 2 amide bonds. The van der Waals surface area contributed by atoms with Gasteiger partial charge in [-0.25, -0.2) is 0 Å². The van der Waals surface area contributed by atoms with E-state index in [1.807, 2.05) is 25.1 Å². The van der Waals surface area contributed by atoms with Crippen molar-refractivity contribution in [2.24, 2.45) is 0 Å². The summed E-state index contributed by atoms with van der Waals surface area (Å²) >= 11 is 0. The van der Waals surface area contributed by atoms with Crippen LogP contribution >= 0.6 is 0 Å². The highest BCUT2D eigenvalue weighted by atomic mass is 16.2. The zero-order valence-corrected chi connectivity index (χ0v) is 14.1. The van der Waals surface area contributed by atoms with Gasteiger partial charge in [0.1, 0.15) is 0 Å². The molecule has 1 aliphatic heterocycles. The number of anilines is 1. The van der Waals surface area contributed by atoms with E-state index in [1.165, 1.54) is 12.8 Å². The third-order valence-corrected chi connectivity index (χ3v) is 4.35. The maximum Gasteiger partial charge on any atom is 0.313 e. The second-order valence-electron chi connectivity index (χ2n) is 6.21. The van der Waals surface area contributed by atoms with Gasteiger partial charge >= 0.3 is 11.8 Å². The largest absolute Gasteiger partial charge is 0.345 e. The number of hydrogen-bond donors (Lipinski definition) is 2. The number of para-hydroxylation sites is 1. The lowest BCUT2D eigenvalue weighted by molar-refractivity contribution is -0.136. The van der Waals surface area contributed by atoms with E-state index in [-0.39, 0.29) is 6.04 Å². The number of piperidine rings is 1. The van der Waals surface area contributed by atoms with Gasteiger partial charge < -0.3 is 15.5 Å². The Morgan fingerprint density at radius 1 is 1.17 bits per heavy atom. The quantitative estimate of drug-likeness (QED) is 0.819. The van der Waals surface area contributed by atoms with Crippen molar-refractivity contribution in [2.45, 2.75) is 45.6 Å². The van der Waals surface area contributed by atoms with Crippen molar-refractivity contribution in [3.63, 3.8) is 0 Å². The standard InChI is InChI=1S/C18H27N3O2/c1-3-4-11-21-12-9-15(10-13-21)19-17(22)18(23)20-16-8-6-5-7-14(16)2/h5-8,15H,3-4,9-13H2,1-2H3,(H,19,22)(H,20,23). The summed E-state index contributed by atoms with van der Waals surface area (Å²) in [6.07, 6.45) is 4.24. The molecule has 0 atom stereocenters. The minimum atomic E-state index is -0.590. The van der Waals surface area contributed by atoms with Gasteiger partial charge in [0, 0.05) is 24.8 Å². The second-order valence-corrected chi connectivity index (χ2v) is 6.21. The molecule has 2 N–H and O–H groups in total. The van der Waals surface area contributed by atoms with Crippen LogP contribution in [0.15, 0.2) is 24.3 Å². The van der Waals surface area contributed by atoms with E-state index in [0.29, 0.717) is 5.69 Å². The van der Waals surface area contributed by atoms with Gasteiger partial charge in [-0.05, 0) is 44.4 Å². The normalized spacial score (nSPS) is 16.1. The van der Waals surface area contributed by atoms with Crippen LogP contribution in [-0.4, -0.2) is 42.4 Å². The van der Waals surface area contributed by atoms with Gasteiger partial charge in [-0.2, -0.15) is 0 Å². The van der Waals surface area contributed by atoms with E-state index in [4.69, 9.17) is 0 Å². The average molecular weight is 317 g/mol. The average Bonchev–Trinajstić information content (AvgIpc) is 2.56. The third-order valence-electron chi connectivity index (χ3n) is 4.35. The monoisotopic (exact) mass is 317 g/mol. The Labute approximate surface area is 138 Å². The maximum atomic E-state index is 12.0. The number of amides is 2. The van der Waals surface area contributed by atoms with Crippen LogP contribution in [-0.2, 0) is 9.59 Å². The van der Waals surface area contributed by atoms with Crippen molar-refractivity contribution < 1.29 is 9.59 Å². The van der Waals surface area contributed by atoms with Crippen molar-refractivity contribution in [1.29, 1.82) is 0 Å². The first-order valence-corrected chi connectivity index (χ1v) is 8.50. The molecule has 0 aromatic heterocycles. The Hall–Kier alpha value is -1.88. The molecule has 2 rings (SSSR count). The van der Waals surface area contributed by atoms with Gasteiger partial charge in [-0.1, -0.05) is 31.5 Å². The summed E-state index contributed by atoms with van der Waals surface area (Å²) in [5.74, 6) is -1.13. The van der Waals surface area contributed by atoms with Crippen LogP contribution in [0.1, 0.15) is 38.2 Å². The van der Waals surface area contributed by atoms with Crippen LogP contribution in [0, 0.1) is 6.92 Å². The summed E-state index contributed by atoms with van der Waals surface area (Å²) in [6, 6.07) is 7.54. The first-order valence-electron chi connectivity index (χ1n) is 8.50. The second kappa shape index (κ2) is 8.67. The third kappa shape index (κ3) is 5.36. The first-order chi connectivity index (χ1) is 11.1. The van der Waals surface area contributed by atoms with Crippen molar-refractivity contribution in [3.05, 3.63) is 29.8 Å². The van der Waals surface area contributed by atoms with E-state index < -0.39 is 11.8 Å². The van der Waals surface area contributed by atoms with Gasteiger partial charge in [-0.3, -0.25) is 9.59 Å². The van der Waals surface area contributed by atoms with Crippen molar-refractivity contribution in [3.8, 4) is 0 Å². The van der Waals surface area contributed by atoms with Crippen LogP contribution in [0.5, 0.6) is 0 Å². The molecule has 5 heteroatoms. The van der Waals surface area contributed by atoms with Crippen molar-refractivity contribution in [2.75, 3.05) is 25.0 Å². The van der Waals surface area contributed by atoms with Crippen LogP contribution in [0.2, 0.25) is 0 Å². The van der Waals surface area contributed by atoms with E-state index in [1.54, 1.807) is 6.07 Å². The Kier molecular flexibility index (Phi) is 6.59. The summed E-state index contributed by atoms with van der Waals surface area (Å²) in [7, 11) is 0. The summed E-state index contributed by atoms with van der Waals surface area (Å²) in [4.78, 5) is 26.5. The molecule has 0 spiro atoms. The van der Waals surface area contributed by atoms with Gasteiger partial charge in [0.05, 0.1) is 0 Å². The van der Waals surface area contributed by atoms with E-state index in [2.05, 4.69) is 22.5 Å². The first kappa shape index (κ1) is 17.5. The lowest BCUT2D eigenvalue weighted by atomic mass is 10.0. The number of hydrogen-bond acceptors (Lipinski definition) is 3. The molecule has 23 heavy (non-hydrogen) atoms. The highest BCUT2D eigenvalue weighted by Crippen LogP contribution is 2.14. The van der Waals surface area contributed by atoms with Crippen LogP contribution in [0.4, 0.5) is 5.69 Å². The Bertz CT molecular complexity index is 537. The Balaban J connectivity index is 1.76. The minimum Gasteiger partial charge on any atom is -0.345 e. The number of benzene rings is 1. The predicted molar refractivity (Wildman–Crippen MR) is 92.3 cm³/mol. The number of aryl methyl sites for hydroxylation is 1. The fourth-order valence-electron chi connectivity index (χ4n) is 2.83. The number of rotatable bonds is 5. The van der Waals surface area contributed by atoms with Gasteiger partial charge in [-0.15, -0.1) is 0 Å². The zero-order chi connectivity index (χ0) is 16.7. The van der Waals surface area contributed by atoms with Crippen LogP contribution < -0.4 is 10.6 Å². The molecule has 0 bridgehead atoms. The van der Waals surface area contributed by atoms with Gasteiger partial charge in [0.2, 0.25) is 0 Å². The summed E-state index contributed by atoms with van der Waals surface area (Å²) in [5, 5.41) is 5.53. The number of likely N-dealkylation sites (tertiary alicyclic amines) is 1.